The summed E-state index contributed by atoms with van der Waals surface area (Å²) >= 11 is 12.0. The van der Waals surface area contributed by atoms with E-state index in [1.165, 1.54) is 24.9 Å². The Bertz CT molecular complexity index is 361. The van der Waals surface area contributed by atoms with Gasteiger partial charge in [0, 0.05) is 30.2 Å². The molecular weight excluding hydrogens is 241 g/mol. The fourth-order valence-corrected chi connectivity index (χ4v) is 2.56. The Balaban J connectivity index is 2.13. The minimum absolute atomic E-state index is 0.543. The third-order valence-corrected chi connectivity index (χ3v) is 3.88. The molecule has 88 valence electrons. The standard InChI is InChI=1S/C13H17Cl2N/c1-16(9-10-3-2-4-10)13-7-12(15)6-5-11(13)8-14/h5-7,10H,2-4,8-9H2,1H3. The quantitative estimate of drug-likeness (QED) is 0.727. The van der Waals surface area contributed by atoms with Gasteiger partial charge in [0.05, 0.1) is 0 Å². The third kappa shape index (κ3) is 2.64. The normalized spacial score (nSPS) is 15.9. The maximum absolute atomic E-state index is 6.03. The van der Waals surface area contributed by atoms with Gasteiger partial charge in [-0.15, -0.1) is 11.6 Å². The van der Waals surface area contributed by atoms with Crippen molar-refractivity contribution in [3.05, 3.63) is 28.8 Å². The Hall–Kier alpha value is -0.400. The maximum atomic E-state index is 6.03. The molecule has 1 saturated carbocycles. The number of benzene rings is 1. The Morgan fingerprint density at radius 3 is 2.69 bits per heavy atom. The summed E-state index contributed by atoms with van der Waals surface area (Å²) in [5, 5.41) is 0.782. The van der Waals surface area contributed by atoms with Crippen molar-refractivity contribution >= 4 is 28.9 Å². The van der Waals surface area contributed by atoms with E-state index in [4.69, 9.17) is 23.2 Å². The Kier molecular flexibility index (Phi) is 3.99. The zero-order valence-corrected chi connectivity index (χ0v) is 11.1. The highest BCUT2D eigenvalue weighted by Crippen LogP contribution is 2.31. The SMILES string of the molecule is CN(CC1CCC1)c1cc(Cl)ccc1CCl. The fourth-order valence-electron chi connectivity index (χ4n) is 2.17. The van der Waals surface area contributed by atoms with Crippen LogP contribution in [0.25, 0.3) is 0 Å². The van der Waals surface area contributed by atoms with E-state index in [-0.39, 0.29) is 0 Å². The third-order valence-electron chi connectivity index (χ3n) is 3.36. The van der Waals surface area contributed by atoms with Crippen LogP contribution in [0.15, 0.2) is 18.2 Å². The van der Waals surface area contributed by atoms with Gasteiger partial charge in [-0.1, -0.05) is 24.1 Å². The molecule has 16 heavy (non-hydrogen) atoms. The lowest BCUT2D eigenvalue weighted by molar-refractivity contribution is 0.321. The van der Waals surface area contributed by atoms with E-state index >= 15 is 0 Å². The number of anilines is 1. The lowest BCUT2D eigenvalue weighted by Crippen LogP contribution is -2.29. The lowest BCUT2D eigenvalue weighted by Gasteiger charge is -2.32. The summed E-state index contributed by atoms with van der Waals surface area (Å²) in [5.41, 5.74) is 2.34. The Morgan fingerprint density at radius 2 is 2.12 bits per heavy atom. The van der Waals surface area contributed by atoms with E-state index < -0.39 is 0 Å². The molecule has 1 fully saturated rings. The first-order valence-electron chi connectivity index (χ1n) is 5.76. The number of hydrogen-bond acceptors (Lipinski definition) is 1. The van der Waals surface area contributed by atoms with E-state index in [9.17, 15) is 0 Å². The van der Waals surface area contributed by atoms with Crippen LogP contribution in [0, 0.1) is 5.92 Å². The maximum Gasteiger partial charge on any atom is 0.0494 e. The highest BCUT2D eigenvalue weighted by Gasteiger charge is 2.20. The molecule has 0 saturated heterocycles. The van der Waals surface area contributed by atoms with E-state index in [0.717, 1.165) is 23.0 Å². The van der Waals surface area contributed by atoms with E-state index in [1.54, 1.807) is 0 Å². The molecule has 0 heterocycles. The summed E-state index contributed by atoms with van der Waals surface area (Å²) in [5.74, 6) is 1.40. The Labute approximate surface area is 107 Å². The molecular formula is C13H17Cl2N. The minimum Gasteiger partial charge on any atom is -0.374 e. The molecule has 0 unspecified atom stereocenters. The van der Waals surface area contributed by atoms with Crippen molar-refractivity contribution < 1.29 is 0 Å². The summed E-state index contributed by atoms with van der Waals surface area (Å²) in [7, 11) is 2.13. The first-order chi connectivity index (χ1) is 7.70. The van der Waals surface area contributed by atoms with E-state index in [1.807, 2.05) is 18.2 Å². The second-order valence-corrected chi connectivity index (χ2v) is 5.29. The van der Waals surface area contributed by atoms with Crippen LogP contribution >= 0.6 is 23.2 Å². The van der Waals surface area contributed by atoms with Gasteiger partial charge >= 0.3 is 0 Å². The summed E-state index contributed by atoms with van der Waals surface area (Å²) in [6.07, 6.45) is 4.11. The van der Waals surface area contributed by atoms with Crippen LogP contribution in [0.1, 0.15) is 24.8 Å². The molecule has 1 aliphatic carbocycles. The number of nitrogens with zero attached hydrogens (tertiary/aromatic N) is 1. The first kappa shape index (κ1) is 12.1. The van der Waals surface area contributed by atoms with Gasteiger partial charge in [-0.25, -0.2) is 0 Å². The summed E-state index contributed by atoms with van der Waals surface area (Å²) in [6, 6.07) is 5.93. The average molecular weight is 258 g/mol. The monoisotopic (exact) mass is 257 g/mol. The highest BCUT2D eigenvalue weighted by atomic mass is 35.5. The zero-order valence-electron chi connectivity index (χ0n) is 9.55. The van der Waals surface area contributed by atoms with Crippen molar-refractivity contribution in [3.8, 4) is 0 Å². The molecule has 0 aliphatic heterocycles. The molecule has 1 aromatic carbocycles. The van der Waals surface area contributed by atoms with Crippen molar-refractivity contribution in [1.82, 2.24) is 0 Å². The van der Waals surface area contributed by atoms with Gasteiger partial charge in [-0.2, -0.15) is 0 Å². The van der Waals surface area contributed by atoms with Gasteiger partial charge in [0.2, 0.25) is 0 Å². The Morgan fingerprint density at radius 1 is 1.38 bits per heavy atom. The lowest BCUT2D eigenvalue weighted by atomic mass is 9.85. The van der Waals surface area contributed by atoms with Gasteiger partial charge in [0.1, 0.15) is 0 Å². The number of rotatable bonds is 4. The van der Waals surface area contributed by atoms with Gasteiger partial charge in [-0.3, -0.25) is 0 Å². The van der Waals surface area contributed by atoms with Gasteiger partial charge in [-0.05, 0) is 36.5 Å². The van der Waals surface area contributed by atoms with Crippen LogP contribution in [-0.2, 0) is 5.88 Å². The number of halogens is 2. The van der Waals surface area contributed by atoms with Crippen molar-refractivity contribution in [1.29, 1.82) is 0 Å². The molecule has 0 bridgehead atoms. The predicted molar refractivity (Wildman–Crippen MR) is 71.6 cm³/mol. The number of alkyl halides is 1. The van der Waals surface area contributed by atoms with Crippen molar-refractivity contribution in [3.63, 3.8) is 0 Å². The van der Waals surface area contributed by atoms with Crippen molar-refractivity contribution in [2.75, 3.05) is 18.5 Å². The second kappa shape index (κ2) is 5.29. The topological polar surface area (TPSA) is 3.24 Å². The molecule has 0 atom stereocenters. The van der Waals surface area contributed by atoms with Crippen LogP contribution in [0.3, 0.4) is 0 Å². The molecule has 1 aliphatic rings. The first-order valence-corrected chi connectivity index (χ1v) is 6.67. The van der Waals surface area contributed by atoms with Crippen LogP contribution in [-0.4, -0.2) is 13.6 Å². The van der Waals surface area contributed by atoms with E-state index in [2.05, 4.69) is 11.9 Å². The van der Waals surface area contributed by atoms with Crippen LogP contribution < -0.4 is 4.90 Å². The van der Waals surface area contributed by atoms with Gasteiger partial charge in [0.15, 0.2) is 0 Å². The molecule has 0 aromatic heterocycles. The average Bonchev–Trinajstić information content (AvgIpc) is 2.23. The molecule has 3 heteroatoms. The zero-order chi connectivity index (χ0) is 11.5. The van der Waals surface area contributed by atoms with Crippen molar-refractivity contribution in [2.24, 2.45) is 5.92 Å². The summed E-state index contributed by atoms with van der Waals surface area (Å²) in [6.45, 7) is 1.12. The molecule has 0 amide bonds. The van der Waals surface area contributed by atoms with Gasteiger partial charge in [0.25, 0.3) is 0 Å². The molecule has 0 spiro atoms. The molecule has 2 rings (SSSR count). The van der Waals surface area contributed by atoms with Crippen molar-refractivity contribution in [2.45, 2.75) is 25.1 Å². The highest BCUT2D eigenvalue weighted by molar-refractivity contribution is 6.31. The smallest absolute Gasteiger partial charge is 0.0494 e. The summed E-state index contributed by atoms with van der Waals surface area (Å²) < 4.78 is 0. The van der Waals surface area contributed by atoms with Gasteiger partial charge < -0.3 is 4.90 Å². The summed E-state index contributed by atoms with van der Waals surface area (Å²) in [4.78, 5) is 2.29. The molecule has 0 N–H and O–H groups in total. The molecule has 1 nitrogen and oxygen atoms in total. The van der Waals surface area contributed by atoms with Crippen LogP contribution in [0.2, 0.25) is 5.02 Å². The molecule has 1 aromatic rings. The fraction of sp³-hybridized carbons (Fsp3) is 0.538. The largest absolute Gasteiger partial charge is 0.374 e. The number of hydrogen-bond donors (Lipinski definition) is 0. The predicted octanol–water partition coefficient (Wildman–Crippen LogP) is 4.32. The minimum atomic E-state index is 0.543. The van der Waals surface area contributed by atoms with Crippen LogP contribution in [0.4, 0.5) is 5.69 Å². The molecule has 0 radical (unpaired) electrons. The second-order valence-electron chi connectivity index (χ2n) is 4.58. The van der Waals surface area contributed by atoms with Crippen LogP contribution in [0.5, 0.6) is 0 Å². The van der Waals surface area contributed by atoms with E-state index in [0.29, 0.717) is 5.88 Å².